The lowest BCUT2D eigenvalue weighted by Gasteiger charge is -2.33. The van der Waals surface area contributed by atoms with Gasteiger partial charge in [0.15, 0.2) is 5.82 Å². The molecule has 0 spiro atoms. The fourth-order valence-corrected chi connectivity index (χ4v) is 2.95. The van der Waals surface area contributed by atoms with E-state index in [1.807, 2.05) is 6.92 Å². The monoisotopic (exact) mass is 411 g/mol. The van der Waals surface area contributed by atoms with Crippen LogP contribution in [0, 0.1) is 0 Å². The second kappa shape index (κ2) is 8.96. The molecule has 1 aliphatic heterocycles. The van der Waals surface area contributed by atoms with Crippen molar-refractivity contribution in [2.75, 3.05) is 7.05 Å². The van der Waals surface area contributed by atoms with E-state index in [4.69, 9.17) is 22.2 Å². The number of amides is 2. The van der Waals surface area contributed by atoms with Gasteiger partial charge in [0, 0.05) is 19.2 Å². The molecule has 1 saturated carbocycles. The molecular weight excluding hydrogens is 382 g/mol. The first kappa shape index (κ1) is 22.2. The Kier molecular flexibility index (Phi) is 7.11. The molecule has 0 bridgehead atoms. The predicted octanol–water partition coefficient (Wildman–Crippen LogP) is 3.20. The zero-order chi connectivity index (χ0) is 21.1. The summed E-state index contributed by atoms with van der Waals surface area (Å²) in [6.07, 6.45) is 5.16. The Morgan fingerprint density at radius 2 is 2.07 bits per heavy atom. The topological polar surface area (TPSA) is 100 Å². The molecule has 1 heterocycles. The number of carbonyl (C=O) groups excluding carboxylic acids is 2. The first-order valence-electron chi connectivity index (χ1n) is 9.55. The molecule has 2 amide bonds. The van der Waals surface area contributed by atoms with E-state index in [1.54, 1.807) is 20.8 Å². The van der Waals surface area contributed by atoms with Gasteiger partial charge in [-0.05, 0) is 46.5 Å². The summed E-state index contributed by atoms with van der Waals surface area (Å²) in [6, 6.07) is 0.189. The highest BCUT2D eigenvalue weighted by Crippen LogP contribution is 2.27. The van der Waals surface area contributed by atoms with E-state index >= 15 is 0 Å². The Bertz CT molecular complexity index is 720. The van der Waals surface area contributed by atoms with Gasteiger partial charge in [-0.2, -0.15) is 0 Å². The first-order chi connectivity index (χ1) is 13.0. The molecule has 156 valence electrons. The van der Waals surface area contributed by atoms with Crippen LogP contribution in [0.2, 0.25) is 0 Å². The summed E-state index contributed by atoms with van der Waals surface area (Å²) in [5, 5.41) is 4.36. The maximum absolute atomic E-state index is 12.8. The number of allylic oxidation sites excluding steroid dienone is 1. The number of nitrogens with one attached hydrogen (secondary N) is 1. The van der Waals surface area contributed by atoms with Crippen LogP contribution in [-0.4, -0.2) is 45.8 Å². The molecule has 0 atom stereocenters. The van der Waals surface area contributed by atoms with Gasteiger partial charge < -0.3 is 10.1 Å². The number of aliphatic imine (C=N–C) groups is 1. The zero-order valence-corrected chi connectivity index (χ0v) is 18.0. The summed E-state index contributed by atoms with van der Waals surface area (Å²) in [6.45, 7) is 7.30. The van der Waals surface area contributed by atoms with Crippen LogP contribution >= 0.6 is 11.6 Å². The fraction of sp³-hybridized carbons (Fsp3) is 0.632. The van der Waals surface area contributed by atoms with Crippen molar-refractivity contribution in [3.63, 3.8) is 0 Å². The Labute approximate surface area is 171 Å². The van der Waals surface area contributed by atoms with E-state index in [0.29, 0.717) is 12.0 Å². The summed E-state index contributed by atoms with van der Waals surface area (Å²) in [7, 11) is 1.53. The minimum atomic E-state index is -0.660. The lowest BCUT2D eigenvalue weighted by atomic mass is 9.92. The standard InChI is InChI=1S/C19H30ClN5O3/c1-6-8-13(17(26)22-12-9-7-10-12)16-23-14(20)11-15(25(16)21)24(5)18(27)28-19(2,3)4/h11-12H,6-10,21H2,1-5H3,(H,22,26)/b16-13+. The van der Waals surface area contributed by atoms with Gasteiger partial charge in [0.05, 0.1) is 5.57 Å². The average Bonchev–Trinajstić information content (AvgIpc) is 2.55. The Morgan fingerprint density at radius 3 is 2.57 bits per heavy atom. The number of halogens is 1. The molecule has 2 rings (SSSR count). The van der Waals surface area contributed by atoms with Crippen LogP contribution in [0.5, 0.6) is 0 Å². The van der Waals surface area contributed by atoms with Crippen molar-refractivity contribution in [2.24, 2.45) is 10.8 Å². The summed E-state index contributed by atoms with van der Waals surface area (Å²) < 4.78 is 5.39. The van der Waals surface area contributed by atoms with Crippen molar-refractivity contribution < 1.29 is 14.3 Å². The molecule has 0 aromatic rings. The third kappa shape index (κ3) is 5.48. The number of nitrogens with two attached hydrogens (primary N) is 1. The van der Waals surface area contributed by atoms with E-state index in [0.717, 1.165) is 25.7 Å². The number of rotatable bonds is 5. The highest BCUT2D eigenvalue weighted by Gasteiger charge is 2.31. The largest absolute Gasteiger partial charge is 0.443 e. The van der Waals surface area contributed by atoms with Crippen LogP contribution in [0.1, 0.15) is 59.8 Å². The highest BCUT2D eigenvalue weighted by atomic mass is 35.5. The van der Waals surface area contributed by atoms with Crippen LogP contribution in [0.4, 0.5) is 4.79 Å². The maximum atomic E-state index is 12.8. The van der Waals surface area contributed by atoms with E-state index in [1.165, 1.54) is 23.0 Å². The highest BCUT2D eigenvalue weighted by molar-refractivity contribution is 6.68. The third-order valence-electron chi connectivity index (χ3n) is 4.43. The molecule has 8 nitrogen and oxygen atoms in total. The number of ether oxygens (including phenoxy) is 1. The lowest BCUT2D eigenvalue weighted by molar-refractivity contribution is -0.119. The molecule has 9 heteroatoms. The summed E-state index contributed by atoms with van der Waals surface area (Å²) >= 11 is 6.19. The Balaban J connectivity index is 2.31. The molecule has 1 fully saturated rings. The zero-order valence-electron chi connectivity index (χ0n) is 17.2. The van der Waals surface area contributed by atoms with Crippen molar-refractivity contribution in [1.29, 1.82) is 0 Å². The van der Waals surface area contributed by atoms with Crippen LogP contribution in [-0.2, 0) is 9.53 Å². The van der Waals surface area contributed by atoms with E-state index < -0.39 is 11.7 Å². The van der Waals surface area contributed by atoms with Crippen LogP contribution in [0.3, 0.4) is 0 Å². The first-order valence-corrected chi connectivity index (χ1v) is 9.92. The molecule has 28 heavy (non-hydrogen) atoms. The Hall–Kier alpha value is -2.06. The maximum Gasteiger partial charge on any atom is 0.415 e. The van der Waals surface area contributed by atoms with Crippen LogP contribution in [0.15, 0.2) is 28.3 Å². The van der Waals surface area contributed by atoms with Crippen molar-refractivity contribution in [2.45, 2.75) is 71.4 Å². The van der Waals surface area contributed by atoms with Gasteiger partial charge in [-0.1, -0.05) is 24.9 Å². The average molecular weight is 412 g/mol. The summed E-state index contributed by atoms with van der Waals surface area (Å²) in [4.78, 5) is 30.8. The molecule has 1 aliphatic carbocycles. The Morgan fingerprint density at radius 1 is 1.43 bits per heavy atom. The minimum absolute atomic E-state index is 0.132. The number of carbonyl (C=O) groups is 2. The molecule has 0 aromatic carbocycles. The van der Waals surface area contributed by atoms with E-state index in [9.17, 15) is 9.59 Å². The van der Waals surface area contributed by atoms with Gasteiger partial charge in [0.25, 0.3) is 5.91 Å². The van der Waals surface area contributed by atoms with Crippen LogP contribution in [0.25, 0.3) is 0 Å². The van der Waals surface area contributed by atoms with E-state index in [-0.39, 0.29) is 28.8 Å². The van der Waals surface area contributed by atoms with Crippen LogP contribution < -0.4 is 11.2 Å². The number of hydrogen-bond donors (Lipinski definition) is 2. The molecule has 0 aromatic heterocycles. The second-order valence-electron chi connectivity index (χ2n) is 8.00. The normalized spacial score (nSPS) is 19.3. The molecule has 0 saturated heterocycles. The minimum Gasteiger partial charge on any atom is -0.443 e. The van der Waals surface area contributed by atoms with Crippen molar-refractivity contribution >= 4 is 28.8 Å². The van der Waals surface area contributed by atoms with Crippen molar-refractivity contribution in [3.8, 4) is 0 Å². The summed E-state index contributed by atoms with van der Waals surface area (Å²) in [5.74, 6) is 6.55. The second-order valence-corrected chi connectivity index (χ2v) is 8.39. The van der Waals surface area contributed by atoms with Gasteiger partial charge >= 0.3 is 6.09 Å². The molecule has 0 unspecified atom stereocenters. The molecule has 3 N–H and O–H groups in total. The van der Waals surface area contributed by atoms with Crippen molar-refractivity contribution in [3.05, 3.63) is 23.3 Å². The molecular formula is C19H30ClN5O3. The SMILES string of the molecule is CCC/C(C(=O)NC1CCC1)=C1/N=C(Cl)C=C(N(C)C(=O)OC(C)(C)C)N1N. The predicted molar refractivity (Wildman–Crippen MR) is 109 cm³/mol. The van der Waals surface area contributed by atoms with Gasteiger partial charge in [0.1, 0.15) is 16.6 Å². The van der Waals surface area contributed by atoms with Gasteiger partial charge in [0.2, 0.25) is 0 Å². The van der Waals surface area contributed by atoms with E-state index in [2.05, 4.69) is 10.3 Å². The quantitative estimate of drug-likeness (QED) is 0.534. The fourth-order valence-electron chi connectivity index (χ4n) is 2.77. The number of hydrogen-bond acceptors (Lipinski definition) is 6. The van der Waals surface area contributed by atoms with Gasteiger partial charge in [-0.25, -0.2) is 20.6 Å². The lowest BCUT2D eigenvalue weighted by Crippen LogP contribution is -2.45. The van der Waals surface area contributed by atoms with Gasteiger partial charge in [-0.3, -0.25) is 9.69 Å². The number of hydrazine groups is 1. The molecule has 2 aliphatic rings. The van der Waals surface area contributed by atoms with Crippen molar-refractivity contribution in [1.82, 2.24) is 15.2 Å². The smallest absolute Gasteiger partial charge is 0.415 e. The van der Waals surface area contributed by atoms with Gasteiger partial charge in [-0.15, -0.1) is 0 Å². The number of nitrogens with zero attached hydrogens (tertiary/aromatic N) is 3. The molecule has 0 radical (unpaired) electrons. The summed E-state index contributed by atoms with van der Waals surface area (Å²) in [5.41, 5.74) is -0.217. The third-order valence-corrected chi connectivity index (χ3v) is 4.62.